The van der Waals surface area contributed by atoms with Crippen LogP contribution in [0.25, 0.3) is 0 Å². The molecule has 0 spiro atoms. The molecule has 0 aliphatic carbocycles. The maximum atomic E-state index is 5.63. The minimum atomic E-state index is 0.626. The highest BCUT2D eigenvalue weighted by molar-refractivity contribution is 5.79. The van der Waals surface area contributed by atoms with Crippen molar-refractivity contribution in [1.29, 1.82) is 0 Å². The molecule has 7 nitrogen and oxygen atoms in total. The number of aryl methyl sites for hydroxylation is 1. The number of nitrogens with one attached hydrogen (secondary N) is 2. The highest BCUT2D eigenvalue weighted by atomic mass is 16.5. The summed E-state index contributed by atoms with van der Waals surface area (Å²) in [7, 11) is 5.11. The van der Waals surface area contributed by atoms with Gasteiger partial charge in [0.05, 0.1) is 26.9 Å². The van der Waals surface area contributed by atoms with Crippen molar-refractivity contribution in [1.82, 2.24) is 10.6 Å². The first kappa shape index (κ1) is 23.0. The van der Waals surface area contributed by atoms with Gasteiger partial charge in [-0.05, 0) is 43.9 Å². The Morgan fingerprint density at radius 2 is 1.78 bits per heavy atom. The molecule has 0 heterocycles. The van der Waals surface area contributed by atoms with Gasteiger partial charge in [-0.2, -0.15) is 0 Å². The van der Waals surface area contributed by atoms with Gasteiger partial charge < -0.3 is 29.6 Å². The summed E-state index contributed by atoms with van der Waals surface area (Å²) < 4.78 is 21.3. The first-order valence-corrected chi connectivity index (χ1v) is 9.56. The second kappa shape index (κ2) is 15.1. The van der Waals surface area contributed by atoms with Gasteiger partial charge in [0, 0.05) is 33.9 Å². The fourth-order valence-corrected chi connectivity index (χ4v) is 2.49. The molecular weight excluding hydrogens is 346 g/mol. The first-order chi connectivity index (χ1) is 13.2. The minimum Gasteiger partial charge on any atom is -0.493 e. The normalized spacial score (nSPS) is 11.3. The van der Waals surface area contributed by atoms with Gasteiger partial charge in [-0.25, -0.2) is 0 Å². The lowest BCUT2D eigenvalue weighted by Crippen LogP contribution is -2.38. The molecule has 27 heavy (non-hydrogen) atoms. The Labute approximate surface area is 163 Å². The van der Waals surface area contributed by atoms with Crippen LogP contribution in [0.1, 0.15) is 25.3 Å². The third kappa shape index (κ3) is 10.1. The second-order valence-electron chi connectivity index (χ2n) is 5.91. The molecule has 0 bridgehead atoms. The largest absolute Gasteiger partial charge is 0.493 e. The summed E-state index contributed by atoms with van der Waals surface area (Å²) in [5.74, 6) is 2.39. The Balaban J connectivity index is 2.22. The Kier molecular flexibility index (Phi) is 12.9. The van der Waals surface area contributed by atoms with E-state index in [1.54, 1.807) is 21.3 Å². The van der Waals surface area contributed by atoms with Crippen LogP contribution in [0.3, 0.4) is 0 Å². The Bertz CT molecular complexity index is 538. The van der Waals surface area contributed by atoms with Crippen molar-refractivity contribution >= 4 is 5.96 Å². The predicted molar refractivity (Wildman–Crippen MR) is 109 cm³/mol. The molecule has 7 heteroatoms. The van der Waals surface area contributed by atoms with Crippen LogP contribution in [0.4, 0.5) is 0 Å². The smallest absolute Gasteiger partial charge is 0.190 e. The number of aliphatic imine (C=N–C) groups is 1. The van der Waals surface area contributed by atoms with Gasteiger partial charge in [-0.1, -0.05) is 6.07 Å². The van der Waals surface area contributed by atoms with Gasteiger partial charge in [0.15, 0.2) is 17.5 Å². The lowest BCUT2D eigenvalue weighted by molar-refractivity contribution is 0.0698. The van der Waals surface area contributed by atoms with E-state index in [4.69, 9.17) is 18.9 Å². The van der Waals surface area contributed by atoms with Crippen LogP contribution in [0.2, 0.25) is 0 Å². The fourth-order valence-electron chi connectivity index (χ4n) is 2.49. The maximum Gasteiger partial charge on any atom is 0.190 e. The number of hydrogen-bond acceptors (Lipinski definition) is 5. The number of benzene rings is 1. The first-order valence-electron chi connectivity index (χ1n) is 9.56. The number of guanidine groups is 1. The number of nitrogens with zero attached hydrogens (tertiary/aromatic N) is 1. The van der Waals surface area contributed by atoms with Gasteiger partial charge >= 0.3 is 0 Å². The van der Waals surface area contributed by atoms with Gasteiger partial charge in [0.1, 0.15) is 0 Å². The summed E-state index contributed by atoms with van der Waals surface area (Å²) in [5.41, 5.74) is 1.23. The zero-order valence-electron chi connectivity index (χ0n) is 17.2. The fraction of sp³-hybridized carbons (Fsp3) is 0.650. The lowest BCUT2D eigenvalue weighted by atomic mass is 10.1. The van der Waals surface area contributed by atoms with Gasteiger partial charge in [0.2, 0.25) is 0 Å². The van der Waals surface area contributed by atoms with Crippen molar-refractivity contribution < 1.29 is 18.9 Å². The average Bonchev–Trinajstić information content (AvgIpc) is 2.69. The summed E-state index contributed by atoms with van der Waals surface area (Å²) in [6.07, 6.45) is 2.89. The van der Waals surface area contributed by atoms with E-state index in [-0.39, 0.29) is 0 Å². The molecule has 0 aliphatic rings. The summed E-state index contributed by atoms with van der Waals surface area (Å²) in [5, 5.41) is 6.63. The van der Waals surface area contributed by atoms with E-state index in [0.29, 0.717) is 26.4 Å². The number of methoxy groups -OCH3 is 2. The lowest BCUT2D eigenvalue weighted by Gasteiger charge is -2.13. The third-order valence-corrected chi connectivity index (χ3v) is 3.88. The molecule has 1 aromatic carbocycles. The van der Waals surface area contributed by atoms with Crippen molar-refractivity contribution in [3.05, 3.63) is 23.8 Å². The molecule has 0 fully saturated rings. The number of rotatable bonds is 14. The quantitative estimate of drug-likeness (QED) is 0.293. The molecule has 0 aliphatic heterocycles. The molecule has 154 valence electrons. The molecule has 0 saturated heterocycles. The molecule has 0 radical (unpaired) electrons. The molecule has 0 atom stereocenters. The van der Waals surface area contributed by atoms with Crippen LogP contribution < -0.4 is 20.1 Å². The van der Waals surface area contributed by atoms with Gasteiger partial charge in [0.25, 0.3) is 0 Å². The van der Waals surface area contributed by atoms with E-state index in [2.05, 4.69) is 27.8 Å². The monoisotopic (exact) mass is 381 g/mol. The summed E-state index contributed by atoms with van der Waals surface area (Å²) >= 11 is 0. The maximum absolute atomic E-state index is 5.63. The van der Waals surface area contributed by atoms with Crippen LogP contribution in [0.5, 0.6) is 11.5 Å². The highest BCUT2D eigenvalue weighted by Gasteiger charge is 2.05. The summed E-state index contributed by atoms with van der Waals surface area (Å²) in [6.45, 7) is 6.26. The summed E-state index contributed by atoms with van der Waals surface area (Å²) in [4.78, 5) is 4.24. The van der Waals surface area contributed by atoms with Crippen LogP contribution in [-0.2, 0) is 15.9 Å². The molecule has 1 rings (SSSR count). The number of hydrogen-bond donors (Lipinski definition) is 2. The van der Waals surface area contributed by atoms with Gasteiger partial charge in [-0.3, -0.25) is 4.99 Å². The van der Waals surface area contributed by atoms with Crippen LogP contribution >= 0.6 is 0 Å². The zero-order chi connectivity index (χ0) is 19.7. The second-order valence-corrected chi connectivity index (χ2v) is 5.91. The van der Waals surface area contributed by atoms with E-state index >= 15 is 0 Å². The van der Waals surface area contributed by atoms with Gasteiger partial charge in [-0.15, -0.1) is 0 Å². The number of ether oxygens (including phenoxy) is 4. The highest BCUT2D eigenvalue weighted by Crippen LogP contribution is 2.28. The zero-order valence-corrected chi connectivity index (χ0v) is 17.2. The molecule has 0 unspecified atom stereocenters. The van der Waals surface area contributed by atoms with E-state index in [1.807, 2.05) is 13.0 Å². The van der Waals surface area contributed by atoms with E-state index < -0.39 is 0 Å². The van der Waals surface area contributed by atoms with E-state index in [1.165, 1.54) is 5.56 Å². The van der Waals surface area contributed by atoms with Crippen LogP contribution in [-0.4, -0.2) is 66.7 Å². The van der Waals surface area contributed by atoms with E-state index in [0.717, 1.165) is 49.8 Å². The minimum absolute atomic E-state index is 0.626. The predicted octanol–water partition coefficient (Wildman–Crippen LogP) is 2.24. The molecule has 0 saturated carbocycles. The molecule has 2 N–H and O–H groups in total. The standard InChI is InChI=1S/C20H35N3O4/c1-5-27-19-16-17(9-10-18(19)25-4)8-6-11-22-20(21-2)23-12-7-13-26-15-14-24-3/h9-10,16H,5-8,11-15H2,1-4H3,(H2,21,22,23). The SMILES string of the molecule is CCOc1cc(CCCNC(=NC)NCCCOCCOC)ccc1OC. The van der Waals surface area contributed by atoms with Crippen LogP contribution in [0.15, 0.2) is 23.2 Å². The van der Waals surface area contributed by atoms with Crippen molar-refractivity contribution in [3.8, 4) is 11.5 Å². The Morgan fingerprint density at radius 1 is 1.00 bits per heavy atom. The van der Waals surface area contributed by atoms with Crippen molar-refractivity contribution in [2.75, 3.05) is 60.8 Å². The Hall–Kier alpha value is -1.99. The molecule has 1 aromatic rings. The molecular formula is C20H35N3O4. The summed E-state index contributed by atoms with van der Waals surface area (Å²) in [6, 6.07) is 6.10. The topological polar surface area (TPSA) is 73.3 Å². The molecule has 0 aromatic heterocycles. The van der Waals surface area contributed by atoms with Crippen molar-refractivity contribution in [2.24, 2.45) is 4.99 Å². The van der Waals surface area contributed by atoms with Crippen molar-refractivity contribution in [3.63, 3.8) is 0 Å². The third-order valence-electron chi connectivity index (χ3n) is 3.88. The average molecular weight is 382 g/mol. The van der Waals surface area contributed by atoms with Crippen molar-refractivity contribution in [2.45, 2.75) is 26.2 Å². The molecule has 0 amide bonds. The van der Waals surface area contributed by atoms with E-state index in [9.17, 15) is 0 Å². The van der Waals surface area contributed by atoms with Crippen LogP contribution in [0, 0.1) is 0 Å². The Morgan fingerprint density at radius 3 is 2.44 bits per heavy atom.